The molecule has 2 N–H and O–H groups in total. The van der Waals surface area contributed by atoms with E-state index in [1.165, 1.54) is 0 Å². The highest BCUT2D eigenvalue weighted by Crippen LogP contribution is 2.33. The Labute approximate surface area is 186 Å². The number of H-pyrrole nitrogens is 1. The van der Waals surface area contributed by atoms with Gasteiger partial charge < -0.3 is 10.0 Å². The van der Waals surface area contributed by atoms with Gasteiger partial charge in [0.1, 0.15) is 5.75 Å². The number of hydrogen-bond acceptors (Lipinski definition) is 5. The van der Waals surface area contributed by atoms with Crippen LogP contribution in [0.2, 0.25) is 0 Å². The van der Waals surface area contributed by atoms with Gasteiger partial charge in [0, 0.05) is 36.7 Å². The zero-order valence-corrected chi connectivity index (χ0v) is 18.4. The minimum Gasteiger partial charge on any atom is -0.508 e. The van der Waals surface area contributed by atoms with Crippen LogP contribution in [0, 0.1) is 0 Å². The number of nitrogens with one attached hydrogen (secondary N) is 1. The van der Waals surface area contributed by atoms with Crippen LogP contribution >= 0.6 is 0 Å². The van der Waals surface area contributed by atoms with E-state index in [2.05, 4.69) is 10.00 Å². The van der Waals surface area contributed by atoms with Crippen molar-refractivity contribution in [2.24, 2.45) is 0 Å². The van der Waals surface area contributed by atoms with Crippen molar-refractivity contribution in [1.82, 2.24) is 24.4 Å². The first-order chi connectivity index (χ1) is 15.5. The Kier molecular flexibility index (Phi) is 5.46. The van der Waals surface area contributed by atoms with Gasteiger partial charge in [-0.25, -0.2) is 9.50 Å². The van der Waals surface area contributed by atoms with Crippen molar-refractivity contribution in [3.63, 3.8) is 0 Å². The number of fused-ring (bicyclic) bond motifs is 2. The van der Waals surface area contributed by atoms with Gasteiger partial charge in [-0.3, -0.25) is 19.6 Å². The summed E-state index contributed by atoms with van der Waals surface area (Å²) in [7, 11) is 0. The van der Waals surface area contributed by atoms with Gasteiger partial charge in [0.25, 0.3) is 5.56 Å². The number of nitrogens with zero attached hydrogens (tertiary/aromatic N) is 4. The monoisotopic (exact) mass is 435 g/mol. The highest BCUT2D eigenvalue weighted by atomic mass is 16.3. The van der Waals surface area contributed by atoms with Crippen LogP contribution in [0.3, 0.4) is 0 Å². The lowest BCUT2D eigenvalue weighted by Crippen LogP contribution is -2.39. The number of aromatic amines is 1. The average Bonchev–Trinajstić information content (AvgIpc) is 3.24. The van der Waals surface area contributed by atoms with Crippen molar-refractivity contribution in [2.45, 2.75) is 58.2 Å². The molecule has 0 radical (unpaired) electrons. The SMILES string of the molecule is CCC(=O)N1CCc2c(nc3cc(C4CCCCN4Cc4ccccc4O)[nH]n3c2=O)C1. The molecule has 2 aromatic heterocycles. The Morgan fingerprint density at radius 2 is 2.09 bits per heavy atom. The summed E-state index contributed by atoms with van der Waals surface area (Å²) in [6.45, 7) is 4.40. The van der Waals surface area contributed by atoms with Crippen LogP contribution in [-0.2, 0) is 24.3 Å². The Balaban J connectivity index is 1.47. The molecule has 1 saturated heterocycles. The van der Waals surface area contributed by atoms with Crippen molar-refractivity contribution in [1.29, 1.82) is 0 Å². The van der Waals surface area contributed by atoms with Gasteiger partial charge in [0.2, 0.25) is 5.91 Å². The number of aromatic nitrogens is 3. The second-order valence-corrected chi connectivity index (χ2v) is 8.78. The summed E-state index contributed by atoms with van der Waals surface area (Å²) in [6, 6.07) is 9.54. The van der Waals surface area contributed by atoms with Gasteiger partial charge in [-0.1, -0.05) is 31.5 Å². The molecule has 0 spiro atoms. The Morgan fingerprint density at radius 3 is 2.91 bits per heavy atom. The summed E-state index contributed by atoms with van der Waals surface area (Å²) in [6.07, 6.45) is 4.20. The number of amides is 1. The summed E-state index contributed by atoms with van der Waals surface area (Å²) in [4.78, 5) is 34.2. The number of likely N-dealkylation sites (tertiary alicyclic amines) is 1. The lowest BCUT2D eigenvalue weighted by molar-refractivity contribution is -0.131. The van der Waals surface area contributed by atoms with Gasteiger partial charge in [-0.2, -0.15) is 0 Å². The van der Waals surface area contributed by atoms with Crippen LogP contribution < -0.4 is 5.56 Å². The topological polar surface area (TPSA) is 93.9 Å². The normalized spacial score (nSPS) is 19.3. The molecule has 0 aliphatic carbocycles. The Hall–Kier alpha value is -3.13. The molecule has 1 unspecified atom stereocenters. The molecule has 168 valence electrons. The number of rotatable bonds is 4. The molecule has 8 nitrogen and oxygen atoms in total. The first-order valence-corrected chi connectivity index (χ1v) is 11.5. The van der Waals surface area contributed by atoms with Crippen LogP contribution in [0.1, 0.15) is 61.2 Å². The van der Waals surface area contributed by atoms with E-state index in [1.807, 2.05) is 31.2 Å². The quantitative estimate of drug-likeness (QED) is 0.657. The number of benzene rings is 1. The second kappa shape index (κ2) is 8.43. The zero-order chi connectivity index (χ0) is 22.2. The molecule has 1 atom stereocenters. The average molecular weight is 436 g/mol. The molecule has 1 amide bonds. The van der Waals surface area contributed by atoms with Crippen molar-refractivity contribution >= 4 is 11.6 Å². The number of para-hydroxylation sites is 1. The van der Waals surface area contributed by atoms with Gasteiger partial charge in [-0.15, -0.1) is 0 Å². The van der Waals surface area contributed by atoms with E-state index >= 15 is 0 Å². The van der Waals surface area contributed by atoms with Crippen molar-refractivity contribution in [3.05, 3.63) is 63.2 Å². The third-order valence-electron chi connectivity index (χ3n) is 6.78. The van der Waals surface area contributed by atoms with E-state index in [0.29, 0.717) is 55.1 Å². The first kappa shape index (κ1) is 20.8. The molecule has 3 aromatic rings. The van der Waals surface area contributed by atoms with Gasteiger partial charge in [-0.05, 0) is 31.9 Å². The summed E-state index contributed by atoms with van der Waals surface area (Å²) < 4.78 is 1.55. The largest absolute Gasteiger partial charge is 0.508 e. The molecule has 1 aromatic carbocycles. The van der Waals surface area contributed by atoms with Crippen molar-refractivity contribution < 1.29 is 9.90 Å². The summed E-state index contributed by atoms with van der Waals surface area (Å²) in [5.74, 6) is 0.402. The van der Waals surface area contributed by atoms with Crippen LogP contribution in [0.25, 0.3) is 5.65 Å². The molecule has 0 bridgehead atoms. The van der Waals surface area contributed by atoms with Gasteiger partial charge >= 0.3 is 0 Å². The molecular formula is C24H29N5O3. The fraction of sp³-hybridized carbons (Fsp3) is 0.458. The lowest BCUT2D eigenvalue weighted by atomic mass is 9.98. The third kappa shape index (κ3) is 3.68. The highest BCUT2D eigenvalue weighted by molar-refractivity contribution is 5.76. The number of aromatic hydroxyl groups is 1. The maximum atomic E-state index is 13.2. The van der Waals surface area contributed by atoms with E-state index < -0.39 is 0 Å². The lowest BCUT2D eigenvalue weighted by Gasteiger charge is -2.35. The van der Waals surface area contributed by atoms with Crippen molar-refractivity contribution in [2.75, 3.05) is 13.1 Å². The van der Waals surface area contributed by atoms with E-state index in [9.17, 15) is 14.7 Å². The maximum absolute atomic E-state index is 13.2. The third-order valence-corrected chi connectivity index (χ3v) is 6.78. The fourth-order valence-corrected chi connectivity index (χ4v) is 5.02. The van der Waals surface area contributed by atoms with Gasteiger partial charge in [0.15, 0.2) is 5.65 Å². The molecular weight excluding hydrogens is 406 g/mol. The molecule has 0 saturated carbocycles. The van der Waals surface area contributed by atoms with Crippen molar-refractivity contribution in [3.8, 4) is 5.75 Å². The first-order valence-electron chi connectivity index (χ1n) is 11.5. The number of piperidine rings is 1. The van der Waals surface area contributed by atoms with Crippen LogP contribution in [0.4, 0.5) is 0 Å². The number of hydrogen-bond donors (Lipinski definition) is 2. The van der Waals surface area contributed by atoms with E-state index in [0.717, 1.165) is 37.1 Å². The number of phenolic OH excluding ortho intramolecular Hbond substituents is 1. The molecule has 2 aliphatic rings. The van der Waals surface area contributed by atoms with E-state index in [4.69, 9.17) is 4.98 Å². The zero-order valence-electron chi connectivity index (χ0n) is 18.4. The fourth-order valence-electron chi connectivity index (χ4n) is 5.02. The van der Waals surface area contributed by atoms with E-state index in [-0.39, 0.29) is 17.5 Å². The second-order valence-electron chi connectivity index (χ2n) is 8.78. The standard InChI is InChI=1S/C24H29N5O3/c1-2-23(31)28-12-10-17-19(15-28)25-22-13-18(26-29(22)24(17)32)20-8-5-6-11-27(20)14-16-7-3-4-9-21(16)30/h3-4,7,9,13,20,26,30H,2,5-6,8,10-12,14-15H2,1H3. The number of carbonyl (C=O) groups excluding carboxylic acids is 1. The molecule has 1 fully saturated rings. The smallest absolute Gasteiger partial charge is 0.276 e. The van der Waals surface area contributed by atoms with Crippen LogP contribution in [-0.4, -0.2) is 48.5 Å². The number of carbonyl (C=O) groups is 1. The molecule has 2 aliphatic heterocycles. The molecule has 8 heteroatoms. The Morgan fingerprint density at radius 1 is 1.25 bits per heavy atom. The Bertz CT molecular complexity index is 1210. The summed E-state index contributed by atoms with van der Waals surface area (Å²) in [5.41, 5.74) is 3.81. The highest BCUT2D eigenvalue weighted by Gasteiger charge is 2.28. The summed E-state index contributed by atoms with van der Waals surface area (Å²) >= 11 is 0. The van der Waals surface area contributed by atoms with Crippen LogP contribution in [0.5, 0.6) is 5.75 Å². The maximum Gasteiger partial charge on any atom is 0.276 e. The minimum absolute atomic E-state index is 0.0667. The minimum atomic E-state index is -0.0667. The predicted molar refractivity (Wildman–Crippen MR) is 120 cm³/mol. The molecule has 4 heterocycles. The number of phenols is 1. The molecule has 32 heavy (non-hydrogen) atoms. The predicted octanol–water partition coefficient (Wildman–Crippen LogP) is 2.75. The van der Waals surface area contributed by atoms with Gasteiger partial charge in [0.05, 0.1) is 24.0 Å². The summed E-state index contributed by atoms with van der Waals surface area (Å²) in [5, 5.41) is 13.5. The molecule has 5 rings (SSSR count). The van der Waals surface area contributed by atoms with E-state index in [1.54, 1.807) is 15.5 Å². The van der Waals surface area contributed by atoms with Crippen LogP contribution in [0.15, 0.2) is 35.1 Å².